The Labute approximate surface area is 108 Å². The van der Waals surface area contributed by atoms with Crippen LogP contribution in [0.25, 0.3) is 6.08 Å². The molecular weight excluding hydrogens is 258 g/mol. The summed E-state index contributed by atoms with van der Waals surface area (Å²) in [7, 11) is 1.42. The molecule has 0 unspecified atom stereocenters. The summed E-state index contributed by atoms with van der Waals surface area (Å²) in [6, 6.07) is 3.00. The Morgan fingerprint density at radius 2 is 2.22 bits per heavy atom. The average Bonchev–Trinajstić information content (AvgIpc) is 2.65. The fourth-order valence-electron chi connectivity index (χ4n) is 1.53. The van der Waals surface area contributed by atoms with Crippen molar-refractivity contribution in [2.45, 2.75) is 6.92 Å². The molecule has 1 aromatic carbocycles. The molecule has 0 bridgehead atoms. The first kappa shape index (κ1) is 12.4. The number of hydrogen-bond donors (Lipinski definition) is 1. The van der Waals surface area contributed by atoms with Crippen LogP contribution < -0.4 is 4.74 Å². The molecule has 1 aliphatic rings. The molecule has 1 N–H and O–H groups in total. The molecule has 18 heavy (non-hydrogen) atoms. The number of ether oxygens (including phenoxy) is 1. The normalized spacial score (nSPS) is 16.7. The topological polar surface area (TPSA) is 68.1 Å². The number of nitrogens with zero attached hydrogens (tertiary/aromatic N) is 1. The van der Waals surface area contributed by atoms with Gasteiger partial charge in [-0.1, -0.05) is 16.8 Å². The van der Waals surface area contributed by atoms with Gasteiger partial charge in [-0.25, -0.2) is 4.79 Å². The van der Waals surface area contributed by atoms with E-state index >= 15 is 0 Å². The highest BCUT2D eigenvalue weighted by Gasteiger charge is 2.22. The Hall–Kier alpha value is -2.01. The molecule has 1 aromatic rings. The maximum atomic E-state index is 11.4. The third kappa shape index (κ3) is 2.17. The molecule has 0 spiro atoms. The molecule has 1 aliphatic heterocycles. The number of phenolic OH excluding ortho intramolecular Hbond substituents is 1. The molecule has 6 heteroatoms. The third-order valence-corrected chi connectivity index (χ3v) is 2.68. The van der Waals surface area contributed by atoms with E-state index in [-0.39, 0.29) is 17.1 Å². The van der Waals surface area contributed by atoms with Crippen molar-refractivity contribution >= 4 is 29.4 Å². The summed E-state index contributed by atoms with van der Waals surface area (Å²) < 4.78 is 4.97. The molecule has 0 aliphatic carbocycles. The second-order valence-electron chi connectivity index (χ2n) is 3.66. The smallest absolute Gasteiger partial charge is 0.367 e. The highest BCUT2D eigenvalue weighted by molar-refractivity contribution is 6.31. The van der Waals surface area contributed by atoms with Gasteiger partial charge in [-0.2, -0.15) is 0 Å². The molecule has 0 amide bonds. The lowest BCUT2D eigenvalue weighted by Crippen LogP contribution is -2.01. The van der Waals surface area contributed by atoms with Crippen LogP contribution >= 0.6 is 11.6 Å². The predicted molar refractivity (Wildman–Crippen MR) is 66.8 cm³/mol. The van der Waals surface area contributed by atoms with E-state index in [1.165, 1.54) is 25.3 Å². The molecule has 94 valence electrons. The van der Waals surface area contributed by atoms with Crippen LogP contribution in [0.15, 0.2) is 22.9 Å². The van der Waals surface area contributed by atoms with Gasteiger partial charge in [0.15, 0.2) is 11.5 Å². The zero-order valence-electron chi connectivity index (χ0n) is 9.73. The number of halogens is 1. The van der Waals surface area contributed by atoms with Crippen LogP contribution in [0.4, 0.5) is 0 Å². The zero-order chi connectivity index (χ0) is 13.3. The number of carbonyl (C=O) groups excluding carboxylic acids is 1. The van der Waals surface area contributed by atoms with Crippen LogP contribution in [0.1, 0.15) is 12.5 Å². The van der Waals surface area contributed by atoms with E-state index in [0.717, 1.165) is 0 Å². The first-order valence-electron chi connectivity index (χ1n) is 5.07. The second-order valence-corrected chi connectivity index (χ2v) is 4.10. The van der Waals surface area contributed by atoms with E-state index in [1.807, 2.05) is 0 Å². The molecule has 0 saturated carbocycles. The van der Waals surface area contributed by atoms with E-state index in [0.29, 0.717) is 16.3 Å². The molecule has 0 radical (unpaired) electrons. The van der Waals surface area contributed by atoms with E-state index in [2.05, 4.69) is 9.99 Å². The predicted octanol–water partition coefficient (Wildman–Crippen LogP) is 2.37. The highest BCUT2D eigenvalue weighted by Crippen LogP contribution is 2.35. The summed E-state index contributed by atoms with van der Waals surface area (Å²) in [5, 5.41) is 13.9. The molecule has 0 atom stereocenters. The maximum Gasteiger partial charge on any atom is 0.367 e. The first-order chi connectivity index (χ1) is 8.52. The summed E-state index contributed by atoms with van der Waals surface area (Å²) in [6.07, 6.45) is 1.46. The number of oxime groups is 1. The lowest BCUT2D eigenvalue weighted by Gasteiger charge is -2.07. The number of benzene rings is 1. The van der Waals surface area contributed by atoms with Crippen molar-refractivity contribution in [2.75, 3.05) is 7.11 Å². The maximum absolute atomic E-state index is 11.4. The zero-order valence-corrected chi connectivity index (χ0v) is 10.5. The summed E-state index contributed by atoms with van der Waals surface area (Å²) in [5.41, 5.74) is 1.08. The van der Waals surface area contributed by atoms with Crippen molar-refractivity contribution in [2.24, 2.45) is 5.16 Å². The first-order valence-corrected chi connectivity index (χ1v) is 5.45. The fourth-order valence-corrected chi connectivity index (χ4v) is 1.75. The van der Waals surface area contributed by atoms with E-state index in [1.54, 1.807) is 6.92 Å². The van der Waals surface area contributed by atoms with Crippen molar-refractivity contribution < 1.29 is 19.5 Å². The Bertz CT molecular complexity index is 578. The highest BCUT2D eigenvalue weighted by atomic mass is 35.5. The van der Waals surface area contributed by atoms with E-state index < -0.39 is 5.97 Å². The van der Waals surface area contributed by atoms with Crippen molar-refractivity contribution in [3.8, 4) is 11.5 Å². The average molecular weight is 268 g/mol. The molecule has 0 fully saturated rings. The van der Waals surface area contributed by atoms with Crippen LogP contribution in [0, 0.1) is 0 Å². The number of hydrogen-bond acceptors (Lipinski definition) is 5. The molecular formula is C12H10ClNO4. The SMILES string of the molecule is COc1cc(Cl)cc(C=C2C(=O)ON=C2C)c1O. The minimum absolute atomic E-state index is 0.0955. The van der Waals surface area contributed by atoms with Crippen LogP contribution in [-0.2, 0) is 9.63 Å². The number of rotatable bonds is 2. The van der Waals surface area contributed by atoms with Crippen molar-refractivity contribution in [1.82, 2.24) is 0 Å². The quantitative estimate of drug-likeness (QED) is 0.660. The largest absolute Gasteiger partial charge is 0.504 e. The minimum Gasteiger partial charge on any atom is -0.504 e. The molecule has 2 rings (SSSR count). The van der Waals surface area contributed by atoms with Gasteiger partial charge in [-0.3, -0.25) is 0 Å². The second kappa shape index (κ2) is 4.70. The van der Waals surface area contributed by atoms with E-state index in [4.69, 9.17) is 16.3 Å². The minimum atomic E-state index is -0.564. The molecule has 5 nitrogen and oxygen atoms in total. The van der Waals surface area contributed by atoms with Crippen LogP contribution in [0.5, 0.6) is 11.5 Å². The van der Waals surface area contributed by atoms with Crippen LogP contribution in [0.3, 0.4) is 0 Å². The summed E-state index contributed by atoms with van der Waals surface area (Å²) >= 11 is 5.89. The Morgan fingerprint density at radius 1 is 1.50 bits per heavy atom. The lowest BCUT2D eigenvalue weighted by atomic mass is 10.1. The van der Waals surface area contributed by atoms with Gasteiger partial charge in [0, 0.05) is 16.7 Å². The van der Waals surface area contributed by atoms with Crippen molar-refractivity contribution in [3.63, 3.8) is 0 Å². The number of carbonyl (C=O) groups is 1. The fraction of sp³-hybridized carbons (Fsp3) is 0.167. The third-order valence-electron chi connectivity index (χ3n) is 2.46. The number of phenols is 1. The van der Waals surface area contributed by atoms with Gasteiger partial charge in [0.1, 0.15) is 0 Å². The molecule has 1 heterocycles. The summed E-state index contributed by atoms with van der Waals surface area (Å²) in [6.45, 7) is 1.63. The Balaban J connectivity index is 2.52. The number of methoxy groups -OCH3 is 1. The Kier molecular flexibility index (Phi) is 3.25. The van der Waals surface area contributed by atoms with Gasteiger partial charge in [-0.05, 0) is 19.1 Å². The van der Waals surface area contributed by atoms with Gasteiger partial charge in [0.2, 0.25) is 0 Å². The standard InChI is InChI=1S/C12H10ClNO4/c1-6-9(12(16)18-14-6)4-7-3-8(13)5-10(17-2)11(7)15/h3-5,15H,1-2H3. The number of aromatic hydroxyl groups is 1. The Morgan fingerprint density at radius 3 is 2.78 bits per heavy atom. The van der Waals surface area contributed by atoms with Gasteiger partial charge >= 0.3 is 5.97 Å². The van der Waals surface area contributed by atoms with Gasteiger partial charge in [0.05, 0.1) is 18.4 Å². The van der Waals surface area contributed by atoms with Crippen molar-refractivity contribution in [1.29, 1.82) is 0 Å². The van der Waals surface area contributed by atoms with Crippen LogP contribution in [0.2, 0.25) is 5.02 Å². The molecule has 0 saturated heterocycles. The van der Waals surface area contributed by atoms with Gasteiger partial charge < -0.3 is 14.7 Å². The summed E-state index contributed by atoms with van der Waals surface area (Å²) in [4.78, 5) is 15.9. The molecule has 0 aromatic heterocycles. The van der Waals surface area contributed by atoms with E-state index in [9.17, 15) is 9.90 Å². The summed E-state index contributed by atoms with van der Waals surface area (Å²) in [5.74, 6) is -0.428. The monoisotopic (exact) mass is 267 g/mol. The van der Waals surface area contributed by atoms with Gasteiger partial charge in [0.25, 0.3) is 0 Å². The van der Waals surface area contributed by atoms with Gasteiger partial charge in [-0.15, -0.1) is 0 Å². The van der Waals surface area contributed by atoms with Crippen molar-refractivity contribution in [3.05, 3.63) is 28.3 Å². The van der Waals surface area contributed by atoms with Crippen LogP contribution in [-0.4, -0.2) is 23.9 Å². The lowest BCUT2D eigenvalue weighted by molar-refractivity contribution is -0.136.